The smallest absolute Gasteiger partial charge is 0.238 e. The summed E-state index contributed by atoms with van der Waals surface area (Å²) in [6.07, 6.45) is 1.75. The zero-order valence-corrected chi connectivity index (χ0v) is 12.2. The van der Waals surface area contributed by atoms with Crippen molar-refractivity contribution in [1.29, 1.82) is 0 Å². The standard InChI is InChI=1S/C16H20N4O/c1-19-8-10-20(11-9-19)12-15(21)18-14-6-2-4-13-5-3-7-17-16(13)14/h2-7H,8-12H2,1H3,(H,18,21). The van der Waals surface area contributed by atoms with Gasteiger partial charge in [-0.25, -0.2) is 0 Å². The molecule has 0 aliphatic carbocycles. The summed E-state index contributed by atoms with van der Waals surface area (Å²) < 4.78 is 0. The topological polar surface area (TPSA) is 48.5 Å². The Labute approximate surface area is 124 Å². The molecule has 5 heteroatoms. The van der Waals surface area contributed by atoms with E-state index in [4.69, 9.17) is 0 Å². The molecule has 1 aliphatic rings. The number of carbonyl (C=O) groups excluding carboxylic acids is 1. The van der Waals surface area contributed by atoms with E-state index in [1.54, 1.807) is 6.20 Å². The molecule has 1 aromatic carbocycles. The first-order valence-corrected chi connectivity index (χ1v) is 7.27. The van der Waals surface area contributed by atoms with Crippen LogP contribution in [-0.4, -0.2) is 60.5 Å². The van der Waals surface area contributed by atoms with Crippen molar-refractivity contribution >= 4 is 22.5 Å². The number of hydrogen-bond donors (Lipinski definition) is 1. The maximum Gasteiger partial charge on any atom is 0.238 e. The van der Waals surface area contributed by atoms with E-state index in [9.17, 15) is 4.79 Å². The molecule has 2 heterocycles. The molecule has 0 saturated carbocycles. The zero-order valence-electron chi connectivity index (χ0n) is 12.2. The number of pyridine rings is 1. The van der Waals surface area contributed by atoms with Gasteiger partial charge in [-0.15, -0.1) is 0 Å². The van der Waals surface area contributed by atoms with E-state index >= 15 is 0 Å². The second kappa shape index (κ2) is 6.20. The van der Waals surface area contributed by atoms with Crippen LogP contribution in [0.4, 0.5) is 5.69 Å². The summed E-state index contributed by atoms with van der Waals surface area (Å²) >= 11 is 0. The molecule has 0 bridgehead atoms. The number of benzene rings is 1. The summed E-state index contributed by atoms with van der Waals surface area (Å²) in [7, 11) is 2.11. The van der Waals surface area contributed by atoms with Gasteiger partial charge in [-0.1, -0.05) is 18.2 Å². The first-order chi connectivity index (χ1) is 10.2. The van der Waals surface area contributed by atoms with E-state index in [0.717, 1.165) is 42.8 Å². The van der Waals surface area contributed by atoms with E-state index in [-0.39, 0.29) is 5.91 Å². The summed E-state index contributed by atoms with van der Waals surface area (Å²) in [6.45, 7) is 4.36. The van der Waals surface area contributed by atoms with E-state index in [0.29, 0.717) is 6.54 Å². The van der Waals surface area contributed by atoms with Crippen molar-refractivity contribution < 1.29 is 4.79 Å². The highest BCUT2D eigenvalue weighted by molar-refractivity contribution is 6.00. The molecular formula is C16H20N4O. The van der Waals surface area contributed by atoms with E-state index in [1.807, 2.05) is 30.3 Å². The van der Waals surface area contributed by atoms with Gasteiger partial charge in [-0.2, -0.15) is 0 Å². The number of aromatic nitrogens is 1. The molecule has 0 atom stereocenters. The number of amides is 1. The van der Waals surface area contributed by atoms with Gasteiger partial charge in [0.25, 0.3) is 0 Å². The Hall–Kier alpha value is -1.98. The van der Waals surface area contributed by atoms with Gasteiger partial charge in [0.2, 0.25) is 5.91 Å². The van der Waals surface area contributed by atoms with Crippen molar-refractivity contribution in [3.05, 3.63) is 36.5 Å². The molecular weight excluding hydrogens is 264 g/mol. The lowest BCUT2D eigenvalue weighted by Gasteiger charge is -2.31. The van der Waals surface area contributed by atoms with E-state index in [1.165, 1.54) is 0 Å². The maximum absolute atomic E-state index is 12.2. The number of rotatable bonds is 3. The Balaban J connectivity index is 1.66. The fraction of sp³-hybridized carbons (Fsp3) is 0.375. The van der Waals surface area contributed by atoms with Crippen LogP contribution < -0.4 is 5.32 Å². The summed E-state index contributed by atoms with van der Waals surface area (Å²) in [5, 5.41) is 4.02. The summed E-state index contributed by atoms with van der Waals surface area (Å²) in [5.41, 5.74) is 1.62. The highest BCUT2D eigenvalue weighted by Gasteiger charge is 2.17. The van der Waals surface area contributed by atoms with Crippen LogP contribution in [0.1, 0.15) is 0 Å². The lowest BCUT2D eigenvalue weighted by atomic mass is 10.2. The number of nitrogens with one attached hydrogen (secondary N) is 1. The highest BCUT2D eigenvalue weighted by atomic mass is 16.2. The second-order valence-electron chi connectivity index (χ2n) is 5.51. The van der Waals surface area contributed by atoms with Crippen LogP contribution in [0.15, 0.2) is 36.5 Å². The van der Waals surface area contributed by atoms with Gasteiger partial charge in [-0.3, -0.25) is 14.7 Å². The SMILES string of the molecule is CN1CCN(CC(=O)Nc2cccc3cccnc23)CC1. The van der Waals surface area contributed by atoms with E-state index in [2.05, 4.69) is 27.1 Å². The van der Waals surface area contributed by atoms with Crippen molar-refractivity contribution in [2.24, 2.45) is 0 Å². The summed E-state index contributed by atoms with van der Waals surface area (Å²) in [5.74, 6) is 0.0257. The minimum Gasteiger partial charge on any atom is -0.323 e. The molecule has 1 fully saturated rings. The normalized spacial score (nSPS) is 17.0. The molecule has 0 unspecified atom stereocenters. The molecule has 5 nitrogen and oxygen atoms in total. The number of piperazine rings is 1. The number of carbonyl (C=O) groups is 1. The third-order valence-corrected chi connectivity index (χ3v) is 3.87. The van der Waals surface area contributed by atoms with Gasteiger partial charge in [0.15, 0.2) is 0 Å². The third kappa shape index (κ3) is 3.37. The first-order valence-electron chi connectivity index (χ1n) is 7.27. The lowest BCUT2D eigenvalue weighted by molar-refractivity contribution is -0.117. The third-order valence-electron chi connectivity index (χ3n) is 3.87. The Morgan fingerprint density at radius 3 is 2.76 bits per heavy atom. The second-order valence-corrected chi connectivity index (χ2v) is 5.51. The van der Waals surface area contributed by atoms with Crippen LogP contribution in [0.2, 0.25) is 0 Å². The van der Waals surface area contributed by atoms with Crippen molar-refractivity contribution in [2.75, 3.05) is 45.1 Å². The highest BCUT2D eigenvalue weighted by Crippen LogP contribution is 2.20. The average molecular weight is 284 g/mol. The number of likely N-dealkylation sites (N-methyl/N-ethyl adjacent to an activating group) is 1. The summed E-state index contributed by atoms with van der Waals surface area (Å²) in [4.78, 5) is 21.0. The molecule has 110 valence electrons. The molecule has 1 amide bonds. The first kappa shape index (κ1) is 14.0. The van der Waals surface area contributed by atoms with Crippen molar-refractivity contribution in [1.82, 2.24) is 14.8 Å². The molecule has 0 spiro atoms. The van der Waals surface area contributed by atoms with Gasteiger partial charge in [0, 0.05) is 37.8 Å². The molecule has 21 heavy (non-hydrogen) atoms. The number of fused-ring (bicyclic) bond motifs is 1. The van der Waals surface area contributed by atoms with Gasteiger partial charge < -0.3 is 10.2 Å². The van der Waals surface area contributed by atoms with Crippen LogP contribution >= 0.6 is 0 Å². The van der Waals surface area contributed by atoms with Gasteiger partial charge >= 0.3 is 0 Å². The quantitative estimate of drug-likeness (QED) is 0.926. The number of nitrogens with zero attached hydrogens (tertiary/aromatic N) is 3. The Bertz CT molecular complexity index is 630. The molecule has 0 radical (unpaired) electrons. The minimum absolute atomic E-state index is 0.0257. The number of para-hydroxylation sites is 1. The fourth-order valence-corrected chi connectivity index (χ4v) is 2.60. The van der Waals surface area contributed by atoms with Crippen LogP contribution in [0.5, 0.6) is 0 Å². The average Bonchev–Trinajstić information content (AvgIpc) is 2.50. The van der Waals surface area contributed by atoms with Crippen LogP contribution in [0.25, 0.3) is 10.9 Å². The molecule has 1 aliphatic heterocycles. The van der Waals surface area contributed by atoms with Crippen molar-refractivity contribution in [2.45, 2.75) is 0 Å². The molecule has 3 rings (SSSR count). The Morgan fingerprint density at radius 2 is 1.95 bits per heavy atom. The van der Waals surface area contributed by atoms with Gasteiger partial charge in [0.05, 0.1) is 17.7 Å². The Morgan fingerprint density at radius 1 is 1.19 bits per heavy atom. The minimum atomic E-state index is 0.0257. The lowest BCUT2D eigenvalue weighted by Crippen LogP contribution is -2.47. The maximum atomic E-state index is 12.2. The number of hydrogen-bond acceptors (Lipinski definition) is 4. The van der Waals surface area contributed by atoms with Crippen LogP contribution in [0.3, 0.4) is 0 Å². The van der Waals surface area contributed by atoms with Crippen LogP contribution in [0, 0.1) is 0 Å². The predicted octanol–water partition coefficient (Wildman–Crippen LogP) is 1.42. The van der Waals surface area contributed by atoms with Gasteiger partial charge in [-0.05, 0) is 19.2 Å². The number of anilines is 1. The molecule has 1 aromatic heterocycles. The monoisotopic (exact) mass is 284 g/mol. The zero-order chi connectivity index (χ0) is 14.7. The molecule has 1 N–H and O–H groups in total. The van der Waals surface area contributed by atoms with Crippen LogP contribution in [-0.2, 0) is 4.79 Å². The van der Waals surface area contributed by atoms with Crippen molar-refractivity contribution in [3.63, 3.8) is 0 Å². The summed E-state index contributed by atoms with van der Waals surface area (Å²) in [6, 6.07) is 9.74. The fourth-order valence-electron chi connectivity index (χ4n) is 2.60. The van der Waals surface area contributed by atoms with Crippen molar-refractivity contribution in [3.8, 4) is 0 Å². The van der Waals surface area contributed by atoms with Gasteiger partial charge in [0.1, 0.15) is 0 Å². The molecule has 1 saturated heterocycles. The largest absolute Gasteiger partial charge is 0.323 e. The Kier molecular flexibility index (Phi) is 4.13. The molecule has 2 aromatic rings. The van der Waals surface area contributed by atoms with E-state index < -0.39 is 0 Å². The predicted molar refractivity (Wildman–Crippen MR) is 84.3 cm³/mol.